The van der Waals surface area contributed by atoms with Gasteiger partial charge in [0.1, 0.15) is 5.75 Å². The fraction of sp³-hybridized carbons (Fsp3) is 0.200. The molecule has 2 N–H and O–H groups in total. The predicted octanol–water partition coefficient (Wildman–Crippen LogP) is 3.61. The van der Waals surface area contributed by atoms with Crippen LogP contribution >= 0.6 is 0 Å². The molecule has 0 bridgehead atoms. The van der Waals surface area contributed by atoms with Gasteiger partial charge in [0, 0.05) is 12.2 Å². The number of anilines is 1. The summed E-state index contributed by atoms with van der Waals surface area (Å²) in [5, 5.41) is 12.5. The van der Waals surface area contributed by atoms with Gasteiger partial charge in [0.05, 0.1) is 0 Å². The number of benzene rings is 2. The highest BCUT2D eigenvalue weighted by atomic mass is 16.3. The van der Waals surface area contributed by atoms with Crippen molar-refractivity contribution in [3.8, 4) is 5.75 Å². The molecule has 0 aliphatic carbocycles. The molecule has 2 aromatic rings. The average molecular weight is 227 g/mol. The maximum absolute atomic E-state index is 9.18. The molecule has 0 saturated carbocycles. The van der Waals surface area contributed by atoms with Gasteiger partial charge in [-0.05, 0) is 35.7 Å². The molecule has 0 aliphatic rings. The Labute approximate surface area is 102 Å². The standard InChI is InChI=1S/C15H17NO/c1-12(13-5-3-2-4-6-13)11-16-14-7-9-15(17)10-8-14/h2-10,12,16-17H,11H2,1H3/t12-/m1/s1. The Balaban J connectivity index is 1.92. The van der Waals surface area contributed by atoms with Gasteiger partial charge in [-0.3, -0.25) is 0 Å². The quantitative estimate of drug-likeness (QED) is 0.782. The number of rotatable bonds is 4. The van der Waals surface area contributed by atoms with Gasteiger partial charge >= 0.3 is 0 Å². The molecule has 0 heterocycles. The van der Waals surface area contributed by atoms with Crippen LogP contribution in [0, 0.1) is 0 Å². The first-order valence-corrected chi connectivity index (χ1v) is 5.83. The van der Waals surface area contributed by atoms with Gasteiger partial charge in [0.2, 0.25) is 0 Å². The van der Waals surface area contributed by atoms with E-state index in [1.807, 2.05) is 18.2 Å². The van der Waals surface area contributed by atoms with E-state index in [4.69, 9.17) is 0 Å². The fourth-order valence-electron chi connectivity index (χ4n) is 1.75. The van der Waals surface area contributed by atoms with Gasteiger partial charge in [-0.15, -0.1) is 0 Å². The van der Waals surface area contributed by atoms with Crippen molar-refractivity contribution in [1.29, 1.82) is 0 Å². The molecular weight excluding hydrogens is 210 g/mol. The van der Waals surface area contributed by atoms with E-state index < -0.39 is 0 Å². The summed E-state index contributed by atoms with van der Waals surface area (Å²) in [6.45, 7) is 3.08. The zero-order chi connectivity index (χ0) is 12.1. The first kappa shape index (κ1) is 11.5. The van der Waals surface area contributed by atoms with Crippen molar-refractivity contribution in [2.75, 3.05) is 11.9 Å². The van der Waals surface area contributed by atoms with E-state index in [9.17, 15) is 5.11 Å². The second-order valence-corrected chi connectivity index (χ2v) is 4.24. The molecular formula is C15H17NO. The molecule has 2 aromatic carbocycles. The minimum atomic E-state index is 0.298. The summed E-state index contributed by atoms with van der Waals surface area (Å²) in [6, 6.07) is 17.6. The van der Waals surface area contributed by atoms with Crippen molar-refractivity contribution < 1.29 is 5.11 Å². The zero-order valence-corrected chi connectivity index (χ0v) is 9.93. The highest BCUT2D eigenvalue weighted by Gasteiger charge is 2.04. The lowest BCUT2D eigenvalue weighted by Gasteiger charge is -2.13. The number of phenols is 1. The lowest BCUT2D eigenvalue weighted by Crippen LogP contribution is -2.09. The highest BCUT2D eigenvalue weighted by Crippen LogP contribution is 2.17. The molecule has 0 unspecified atom stereocenters. The Morgan fingerprint density at radius 3 is 2.29 bits per heavy atom. The highest BCUT2D eigenvalue weighted by molar-refractivity contribution is 5.46. The molecule has 2 nitrogen and oxygen atoms in total. The molecule has 0 fully saturated rings. The molecule has 17 heavy (non-hydrogen) atoms. The fourth-order valence-corrected chi connectivity index (χ4v) is 1.75. The van der Waals surface area contributed by atoms with Crippen molar-refractivity contribution in [2.24, 2.45) is 0 Å². The topological polar surface area (TPSA) is 32.3 Å². The second-order valence-electron chi connectivity index (χ2n) is 4.24. The van der Waals surface area contributed by atoms with Crippen molar-refractivity contribution in [1.82, 2.24) is 0 Å². The van der Waals surface area contributed by atoms with Crippen LogP contribution in [-0.2, 0) is 0 Å². The monoisotopic (exact) mass is 227 g/mol. The van der Waals surface area contributed by atoms with Crippen LogP contribution in [0.2, 0.25) is 0 Å². The Bertz CT molecular complexity index is 450. The summed E-state index contributed by atoms with van der Waals surface area (Å²) in [7, 11) is 0. The molecule has 0 amide bonds. The third-order valence-electron chi connectivity index (χ3n) is 2.85. The summed E-state index contributed by atoms with van der Waals surface area (Å²) in [5.74, 6) is 0.761. The number of aromatic hydroxyl groups is 1. The summed E-state index contributed by atoms with van der Waals surface area (Å²) < 4.78 is 0. The van der Waals surface area contributed by atoms with Crippen LogP contribution in [0.5, 0.6) is 5.75 Å². The third kappa shape index (κ3) is 3.25. The zero-order valence-electron chi connectivity index (χ0n) is 9.93. The van der Waals surface area contributed by atoms with Gasteiger partial charge in [0.15, 0.2) is 0 Å². The van der Waals surface area contributed by atoms with Crippen molar-refractivity contribution in [3.05, 3.63) is 60.2 Å². The molecule has 0 aromatic heterocycles. The van der Waals surface area contributed by atoms with Crippen molar-refractivity contribution in [2.45, 2.75) is 12.8 Å². The van der Waals surface area contributed by atoms with E-state index in [0.29, 0.717) is 11.7 Å². The third-order valence-corrected chi connectivity index (χ3v) is 2.85. The minimum absolute atomic E-state index is 0.298. The van der Waals surface area contributed by atoms with E-state index in [0.717, 1.165) is 12.2 Å². The van der Waals surface area contributed by atoms with Crippen LogP contribution in [0.1, 0.15) is 18.4 Å². The Kier molecular flexibility index (Phi) is 3.66. The number of hydrogen-bond donors (Lipinski definition) is 2. The molecule has 88 valence electrons. The van der Waals surface area contributed by atoms with Gasteiger partial charge < -0.3 is 10.4 Å². The van der Waals surface area contributed by atoms with Gasteiger partial charge in [-0.25, -0.2) is 0 Å². The molecule has 2 heteroatoms. The first-order chi connectivity index (χ1) is 8.25. The maximum atomic E-state index is 9.18. The number of hydrogen-bond acceptors (Lipinski definition) is 2. The van der Waals surface area contributed by atoms with E-state index >= 15 is 0 Å². The molecule has 0 radical (unpaired) electrons. The Hall–Kier alpha value is -1.96. The van der Waals surface area contributed by atoms with E-state index in [1.54, 1.807) is 12.1 Å². The number of nitrogens with one attached hydrogen (secondary N) is 1. The summed E-state index contributed by atoms with van der Waals surface area (Å²) in [4.78, 5) is 0. The second kappa shape index (κ2) is 5.39. The summed E-state index contributed by atoms with van der Waals surface area (Å²) >= 11 is 0. The van der Waals surface area contributed by atoms with Crippen LogP contribution in [-0.4, -0.2) is 11.7 Å². The molecule has 0 saturated heterocycles. The minimum Gasteiger partial charge on any atom is -0.508 e. The van der Waals surface area contributed by atoms with Crippen LogP contribution in [0.4, 0.5) is 5.69 Å². The summed E-state index contributed by atoms with van der Waals surface area (Å²) in [5.41, 5.74) is 2.37. The first-order valence-electron chi connectivity index (χ1n) is 5.83. The van der Waals surface area contributed by atoms with Crippen LogP contribution in [0.3, 0.4) is 0 Å². The van der Waals surface area contributed by atoms with Crippen LogP contribution in [0.15, 0.2) is 54.6 Å². The lowest BCUT2D eigenvalue weighted by atomic mass is 10.0. The Morgan fingerprint density at radius 2 is 1.65 bits per heavy atom. The predicted molar refractivity (Wildman–Crippen MR) is 71.5 cm³/mol. The van der Waals surface area contributed by atoms with Crippen molar-refractivity contribution in [3.63, 3.8) is 0 Å². The molecule has 2 rings (SSSR count). The van der Waals surface area contributed by atoms with Crippen LogP contribution in [0.25, 0.3) is 0 Å². The normalized spacial score (nSPS) is 12.1. The molecule has 0 aliphatic heterocycles. The smallest absolute Gasteiger partial charge is 0.115 e. The van der Waals surface area contributed by atoms with Crippen molar-refractivity contribution >= 4 is 5.69 Å². The lowest BCUT2D eigenvalue weighted by molar-refractivity contribution is 0.475. The Morgan fingerprint density at radius 1 is 1.00 bits per heavy atom. The van der Waals surface area contributed by atoms with Gasteiger partial charge in [-0.1, -0.05) is 37.3 Å². The van der Waals surface area contributed by atoms with E-state index in [-0.39, 0.29) is 0 Å². The summed E-state index contributed by atoms with van der Waals surface area (Å²) in [6.07, 6.45) is 0. The average Bonchev–Trinajstić information content (AvgIpc) is 2.39. The largest absolute Gasteiger partial charge is 0.508 e. The molecule has 1 atom stereocenters. The molecule has 0 spiro atoms. The number of phenolic OH excluding ortho intramolecular Hbond substituents is 1. The van der Waals surface area contributed by atoms with Crippen LogP contribution < -0.4 is 5.32 Å². The SMILES string of the molecule is C[C@H](CNc1ccc(O)cc1)c1ccccc1. The van der Waals surface area contributed by atoms with E-state index in [2.05, 4.69) is 36.5 Å². The van der Waals surface area contributed by atoms with Gasteiger partial charge in [0.25, 0.3) is 0 Å². The maximum Gasteiger partial charge on any atom is 0.115 e. The van der Waals surface area contributed by atoms with Gasteiger partial charge in [-0.2, -0.15) is 0 Å². The van der Waals surface area contributed by atoms with E-state index in [1.165, 1.54) is 5.56 Å².